The standard InChI is InChI=1S/C22H37N/c1-3-5-7-8-19-9-11-20(12-10-19)21-13-16-22(18-23,17-14-21)15-6-4-2/h6,15,19-21H,3-5,7-14,16-17H2,1-2H3/t19?,20?,21-,22+. The topological polar surface area (TPSA) is 23.8 Å². The molecular weight excluding hydrogens is 278 g/mol. The molecule has 0 N–H and O–H groups in total. The number of hydrogen-bond acceptors (Lipinski definition) is 1. The lowest BCUT2D eigenvalue weighted by molar-refractivity contribution is 0.136. The first kappa shape index (κ1) is 18.6. The number of unbranched alkanes of at least 4 members (excludes halogenated alkanes) is 2. The summed E-state index contributed by atoms with van der Waals surface area (Å²) in [6.45, 7) is 4.46. The van der Waals surface area contributed by atoms with Crippen molar-refractivity contribution in [2.45, 2.75) is 97.3 Å². The van der Waals surface area contributed by atoms with Crippen LogP contribution in [0.4, 0.5) is 0 Å². The summed E-state index contributed by atoms with van der Waals surface area (Å²) in [6, 6.07) is 2.62. The highest BCUT2D eigenvalue weighted by Gasteiger charge is 2.36. The SMILES string of the molecule is CCC=C[C@]1(C#N)CC[C@@H](C2CCC(CCCCC)CC2)CC1. The molecule has 1 heteroatoms. The number of hydrogen-bond donors (Lipinski definition) is 0. The van der Waals surface area contributed by atoms with E-state index < -0.39 is 0 Å². The van der Waals surface area contributed by atoms with Crippen molar-refractivity contribution in [3.8, 4) is 6.07 Å². The summed E-state index contributed by atoms with van der Waals surface area (Å²) in [5.41, 5.74) is -0.135. The molecule has 2 saturated carbocycles. The first-order valence-corrected chi connectivity index (χ1v) is 10.3. The molecule has 2 aliphatic rings. The van der Waals surface area contributed by atoms with Crippen LogP contribution in [0.15, 0.2) is 12.2 Å². The summed E-state index contributed by atoms with van der Waals surface area (Å²) in [5, 5.41) is 9.60. The van der Waals surface area contributed by atoms with Crippen LogP contribution >= 0.6 is 0 Å². The van der Waals surface area contributed by atoms with Gasteiger partial charge in [0.05, 0.1) is 11.5 Å². The van der Waals surface area contributed by atoms with Gasteiger partial charge >= 0.3 is 0 Å². The molecule has 130 valence electrons. The van der Waals surface area contributed by atoms with Gasteiger partial charge in [0, 0.05) is 0 Å². The summed E-state index contributed by atoms with van der Waals surface area (Å²) < 4.78 is 0. The molecule has 0 unspecified atom stereocenters. The van der Waals surface area contributed by atoms with Crippen molar-refractivity contribution < 1.29 is 0 Å². The molecule has 23 heavy (non-hydrogen) atoms. The van der Waals surface area contributed by atoms with Gasteiger partial charge in [-0.05, 0) is 62.7 Å². The summed E-state index contributed by atoms with van der Waals surface area (Å²) in [7, 11) is 0. The Balaban J connectivity index is 1.74. The normalized spacial score (nSPS) is 35.3. The van der Waals surface area contributed by atoms with Gasteiger partial charge in [0.1, 0.15) is 0 Å². The van der Waals surface area contributed by atoms with Crippen LogP contribution < -0.4 is 0 Å². The fourth-order valence-corrected chi connectivity index (χ4v) is 4.92. The minimum atomic E-state index is -0.135. The summed E-state index contributed by atoms with van der Waals surface area (Å²) >= 11 is 0. The molecule has 2 rings (SSSR count). The van der Waals surface area contributed by atoms with Gasteiger partial charge in [0.15, 0.2) is 0 Å². The molecule has 0 aliphatic heterocycles. The lowest BCUT2D eigenvalue weighted by Crippen LogP contribution is -2.30. The van der Waals surface area contributed by atoms with E-state index in [-0.39, 0.29) is 5.41 Å². The van der Waals surface area contributed by atoms with Gasteiger partial charge in [-0.3, -0.25) is 0 Å². The largest absolute Gasteiger partial charge is 0.197 e. The van der Waals surface area contributed by atoms with Crippen LogP contribution in [0.3, 0.4) is 0 Å². The summed E-state index contributed by atoms with van der Waals surface area (Å²) in [6.07, 6.45) is 21.8. The Hall–Kier alpha value is -0.770. The highest BCUT2D eigenvalue weighted by molar-refractivity contribution is 5.14. The van der Waals surface area contributed by atoms with E-state index in [1.807, 2.05) is 0 Å². The molecule has 0 aromatic rings. The molecule has 2 fully saturated rings. The Bertz CT molecular complexity index is 387. The van der Waals surface area contributed by atoms with Crippen molar-refractivity contribution >= 4 is 0 Å². The predicted octanol–water partition coefficient (Wildman–Crippen LogP) is 7.04. The molecule has 0 aromatic heterocycles. The first-order valence-electron chi connectivity index (χ1n) is 10.3. The second-order valence-corrected chi connectivity index (χ2v) is 8.19. The van der Waals surface area contributed by atoms with Crippen LogP contribution in [0.2, 0.25) is 0 Å². The van der Waals surface area contributed by atoms with E-state index in [1.54, 1.807) is 0 Å². The van der Waals surface area contributed by atoms with E-state index in [2.05, 4.69) is 32.1 Å². The van der Waals surface area contributed by atoms with Gasteiger partial charge in [0.25, 0.3) is 0 Å². The number of rotatable bonds is 7. The minimum absolute atomic E-state index is 0.135. The van der Waals surface area contributed by atoms with E-state index in [0.717, 1.165) is 37.0 Å². The van der Waals surface area contributed by atoms with Crippen molar-refractivity contribution in [3.63, 3.8) is 0 Å². The zero-order valence-electron chi connectivity index (χ0n) is 15.5. The van der Waals surface area contributed by atoms with E-state index in [4.69, 9.17) is 0 Å². The number of nitrogens with zero attached hydrogens (tertiary/aromatic N) is 1. The Morgan fingerprint density at radius 3 is 2.17 bits per heavy atom. The third kappa shape index (κ3) is 5.37. The van der Waals surface area contributed by atoms with Gasteiger partial charge < -0.3 is 0 Å². The third-order valence-corrected chi connectivity index (χ3v) is 6.59. The average molecular weight is 316 g/mol. The molecular formula is C22H37N. The van der Waals surface area contributed by atoms with Crippen LogP contribution in [0, 0.1) is 34.5 Å². The van der Waals surface area contributed by atoms with Crippen molar-refractivity contribution in [1.82, 2.24) is 0 Å². The fraction of sp³-hybridized carbons (Fsp3) is 0.864. The predicted molar refractivity (Wildman–Crippen MR) is 99.0 cm³/mol. The van der Waals surface area contributed by atoms with Gasteiger partial charge in [-0.2, -0.15) is 5.26 Å². The van der Waals surface area contributed by atoms with Crippen molar-refractivity contribution in [3.05, 3.63) is 12.2 Å². The molecule has 0 amide bonds. The molecule has 0 bridgehead atoms. The molecule has 0 spiro atoms. The lowest BCUT2D eigenvalue weighted by Gasteiger charge is -2.39. The second kappa shape index (κ2) is 9.51. The van der Waals surface area contributed by atoms with Gasteiger partial charge in [-0.25, -0.2) is 0 Å². The van der Waals surface area contributed by atoms with E-state index in [1.165, 1.54) is 64.2 Å². The van der Waals surface area contributed by atoms with Gasteiger partial charge in [0.2, 0.25) is 0 Å². The van der Waals surface area contributed by atoms with E-state index in [0.29, 0.717) is 0 Å². The summed E-state index contributed by atoms with van der Waals surface area (Å²) in [4.78, 5) is 0. The van der Waals surface area contributed by atoms with Gasteiger partial charge in [-0.1, -0.05) is 64.5 Å². The second-order valence-electron chi connectivity index (χ2n) is 8.19. The quantitative estimate of drug-likeness (QED) is 0.365. The van der Waals surface area contributed by atoms with Crippen LogP contribution in [0.25, 0.3) is 0 Å². The third-order valence-electron chi connectivity index (χ3n) is 6.59. The van der Waals surface area contributed by atoms with Crippen molar-refractivity contribution in [1.29, 1.82) is 5.26 Å². The zero-order chi connectivity index (χ0) is 16.5. The zero-order valence-corrected chi connectivity index (χ0v) is 15.5. The monoisotopic (exact) mass is 315 g/mol. The van der Waals surface area contributed by atoms with Crippen LogP contribution in [0.1, 0.15) is 97.3 Å². The fourth-order valence-electron chi connectivity index (χ4n) is 4.92. The van der Waals surface area contributed by atoms with Crippen molar-refractivity contribution in [2.24, 2.45) is 23.2 Å². The molecule has 0 radical (unpaired) electrons. The van der Waals surface area contributed by atoms with Gasteiger partial charge in [-0.15, -0.1) is 0 Å². The highest BCUT2D eigenvalue weighted by Crippen LogP contribution is 2.46. The maximum Gasteiger partial charge on any atom is 0.0753 e. The van der Waals surface area contributed by atoms with E-state index in [9.17, 15) is 5.26 Å². The lowest BCUT2D eigenvalue weighted by atomic mass is 9.64. The maximum atomic E-state index is 9.60. The average Bonchev–Trinajstić information content (AvgIpc) is 2.61. The maximum absolute atomic E-state index is 9.60. The Kier molecular flexibility index (Phi) is 7.68. The van der Waals surface area contributed by atoms with Crippen LogP contribution in [0.5, 0.6) is 0 Å². The Morgan fingerprint density at radius 2 is 1.61 bits per heavy atom. The number of allylic oxidation sites excluding steroid dienone is 2. The molecule has 0 heterocycles. The molecule has 0 aromatic carbocycles. The smallest absolute Gasteiger partial charge is 0.0753 e. The summed E-state index contributed by atoms with van der Waals surface area (Å²) in [5.74, 6) is 2.89. The number of nitriles is 1. The first-order chi connectivity index (χ1) is 11.2. The van der Waals surface area contributed by atoms with E-state index >= 15 is 0 Å². The Labute approximate surface area is 144 Å². The highest BCUT2D eigenvalue weighted by atomic mass is 14.4. The Morgan fingerprint density at radius 1 is 0.957 bits per heavy atom. The molecule has 0 saturated heterocycles. The van der Waals surface area contributed by atoms with Crippen LogP contribution in [-0.4, -0.2) is 0 Å². The van der Waals surface area contributed by atoms with Crippen molar-refractivity contribution in [2.75, 3.05) is 0 Å². The molecule has 0 atom stereocenters. The minimum Gasteiger partial charge on any atom is -0.197 e. The molecule has 1 nitrogen and oxygen atoms in total. The molecule has 2 aliphatic carbocycles. The van der Waals surface area contributed by atoms with Crippen LogP contribution in [-0.2, 0) is 0 Å².